The number of hydrogen-bond acceptors (Lipinski definition) is 2. The second kappa shape index (κ2) is 3.80. The van der Waals surface area contributed by atoms with Crippen LogP contribution in [0.5, 0.6) is 5.75 Å². The molecule has 0 saturated carbocycles. The van der Waals surface area contributed by atoms with Crippen molar-refractivity contribution in [2.75, 3.05) is 12.4 Å². The SMILES string of the molecule is CNC(=O)Nc1cccc(O)c1C. The van der Waals surface area contributed by atoms with Crippen LogP contribution in [0.3, 0.4) is 0 Å². The normalized spacial score (nSPS) is 9.38. The van der Waals surface area contributed by atoms with Crippen LogP contribution in [0.1, 0.15) is 5.56 Å². The van der Waals surface area contributed by atoms with Crippen LogP contribution in [0.15, 0.2) is 18.2 Å². The maximum Gasteiger partial charge on any atom is 0.318 e. The molecule has 1 aromatic carbocycles. The van der Waals surface area contributed by atoms with Gasteiger partial charge in [0, 0.05) is 18.3 Å². The molecule has 0 aliphatic carbocycles. The molecule has 4 heteroatoms. The van der Waals surface area contributed by atoms with Crippen molar-refractivity contribution in [1.82, 2.24) is 5.32 Å². The minimum Gasteiger partial charge on any atom is -0.508 e. The lowest BCUT2D eigenvalue weighted by Gasteiger charge is -2.08. The number of carbonyl (C=O) groups is 1. The van der Waals surface area contributed by atoms with E-state index in [-0.39, 0.29) is 11.8 Å². The molecule has 3 N–H and O–H groups in total. The van der Waals surface area contributed by atoms with Crippen molar-refractivity contribution < 1.29 is 9.90 Å². The lowest BCUT2D eigenvalue weighted by atomic mass is 10.2. The van der Waals surface area contributed by atoms with E-state index in [2.05, 4.69) is 10.6 Å². The third-order valence-corrected chi connectivity index (χ3v) is 1.78. The molecule has 0 aliphatic heterocycles. The summed E-state index contributed by atoms with van der Waals surface area (Å²) in [6.07, 6.45) is 0. The van der Waals surface area contributed by atoms with Crippen molar-refractivity contribution >= 4 is 11.7 Å². The first kappa shape index (κ1) is 9.38. The summed E-state index contributed by atoms with van der Waals surface area (Å²) in [5.41, 5.74) is 1.27. The third-order valence-electron chi connectivity index (χ3n) is 1.78. The second-order valence-electron chi connectivity index (χ2n) is 2.65. The number of phenolic OH excluding ortho intramolecular Hbond substituents is 1. The van der Waals surface area contributed by atoms with Crippen molar-refractivity contribution in [3.63, 3.8) is 0 Å². The molecular weight excluding hydrogens is 168 g/mol. The topological polar surface area (TPSA) is 61.4 Å². The number of aromatic hydroxyl groups is 1. The number of carbonyl (C=O) groups excluding carboxylic acids is 1. The monoisotopic (exact) mass is 180 g/mol. The molecule has 4 nitrogen and oxygen atoms in total. The highest BCUT2D eigenvalue weighted by Gasteiger charge is 2.04. The highest BCUT2D eigenvalue weighted by atomic mass is 16.3. The van der Waals surface area contributed by atoms with E-state index in [1.165, 1.54) is 7.05 Å². The van der Waals surface area contributed by atoms with Crippen LogP contribution in [-0.2, 0) is 0 Å². The first-order chi connectivity index (χ1) is 6.15. The summed E-state index contributed by atoms with van der Waals surface area (Å²) >= 11 is 0. The standard InChI is InChI=1S/C9H12N2O2/c1-6-7(11-9(13)10-2)4-3-5-8(6)12/h3-5,12H,1-2H3,(H2,10,11,13). The molecule has 0 bridgehead atoms. The molecule has 70 valence electrons. The Balaban J connectivity index is 2.89. The van der Waals surface area contributed by atoms with Gasteiger partial charge in [-0.2, -0.15) is 0 Å². The van der Waals surface area contributed by atoms with Crippen molar-refractivity contribution in [2.24, 2.45) is 0 Å². The van der Waals surface area contributed by atoms with Crippen LogP contribution in [0, 0.1) is 6.92 Å². The summed E-state index contributed by atoms with van der Waals surface area (Å²) in [7, 11) is 1.54. The summed E-state index contributed by atoms with van der Waals surface area (Å²) in [4.78, 5) is 10.9. The predicted molar refractivity (Wildman–Crippen MR) is 50.9 cm³/mol. The lowest BCUT2D eigenvalue weighted by molar-refractivity contribution is 0.254. The fourth-order valence-electron chi connectivity index (χ4n) is 0.944. The van der Waals surface area contributed by atoms with Gasteiger partial charge in [0.15, 0.2) is 0 Å². The second-order valence-corrected chi connectivity index (χ2v) is 2.65. The smallest absolute Gasteiger partial charge is 0.318 e. The van der Waals surface area contributed by atoms with Crippen molar-refractivity contribution in [2.45, 2.75) is 6.92 Å². The van der Waals surface area contributed by atoms with Gasteiger partial charge in [-0.05, 0) is 19.1 Å². The molecule has 0 unspecified atom stereocenters. The van der Waals surface area contributed by atoms with Gasteiger partial charge in [0.25, 0.3) is 0 Å². The largest absolute Gasteiger partial charge is 0.508 e. The molecular formula is C9H12N2O2. The Kier molecular flexibility index (Phi) is 2.74. The molecule has 1 aromatic rings. The van der Waals surface area contributed by atoms with Gasteiger partial charge in [-0.15, -0.1) is 0 Å². The van der Waals surface area contributed by atoms with Crippen LogP contribution in [0.25, 0.3) is 0 Å². The van der Waals surface area contributed by atoms with E-state index in [0.717, 1.165) is 0 Å². The van der Waals surface area contributed by atoms with Crippen LogP contribution < -0.4 is 10.6 Å². The van der Waals surface area contributed by atoms with Gasteiger partial charge in [0.2, 0.25) is 0 Å². The van der Waals surface area contributed by atoms with Gasteiger partial charge >= 0.3 is 6.03 Å². The highest BCUT2D eigenvalue weighted by molar-refractivity contribution is 5.90. The number of anilines is 1. The summed E-state index contributed by atoms with van der Waals surface area (Å²) in [5.74, 6) is 0.175. The molecule has 0 aliphatic rings. The van der Waals surface area contributed by atoms with Crippen LogP contribution >= 0.6 is 0 Å². The van der Waals surface area contributed by atoms with E-state index in [1.54, 1.807) is 25.1 Å². The van der Waals surface area contributed by atoms with Gasteiger partial charge in [0.1, 0.15) is 5.75 Å². The molecule has 0 radical (unpaired) electrons. The van der Waals surface area contributed by atoms with E-state index in [4.69, 9.17) is 0 Å². The van der Waals surface area contributed by atoms with Crippen LogP contribution in [0.4, 0.5) is 10.5 Å². The summed E-state index contributed by atoms with van der Waals surface area (Å²) in [6.45, 7) is 1.74. The first-order valence-electron chi connectivity index (χ1n) is 3.92. The Morgan fingerprint density at radius 2 is 2.15 bits per heavy atom. The van der Waals surface area contributed by atoms with Gasteiger partial charge in [-0.1, -0.05) is 6.07 Å². The number of amides is 2. The zero-order valence-corrected chi connectivity index (χ0v) is 7.59. The van der Waals surface area contributed by atoms with E-state index in [1.807, 2.05) is 0 Å². The molecule has 0 saturated heterocycles. The zero-order valence-electron chi connectivity index (χ0n) is 7.59. The maximum absolute atomic E-state index is 10.9. The number of urea groups is 1. The molecule has 1 rings (SSSR count). The van der Waals surface area contributed by atoms with Crippen LogP contribution in [0.2, 0.25) is 0 Å². The average molecular weight is 180 g/mol. The highest BCUT2D eigenvalue weighted by Crippen LogP contribution is 2.23. The predicted octanol–water partition coefficient (Wildman–Crippen LogP) is 1.45. The van der Waals surface area contributed by atoms with Crippen molar-refractivity contribution in [1.29, 1.82) is 0 Å². The lowest BCUT2D eigenvalue weighted by Crippen LogP contribution is -2.24. The van der Waals surface area contributed by atoms with Gasteiger partial charge in [-0.3, -0.25) is 0 Å². The van der Waals surface area contributed by atoms with E-state index >= 15 is 0 Å². The molecule has 0 spiro atoms. The molecule has 2 amide bonds. The number of phenols is 1. The molecule has 0 atom stereocenters. The van der Waals surface area contributed by atoms with Crippen LogP contribution in [-0.4, -0.2) is 18.2 Å². The first-order valence-corrected chi connectivity index (χ1v) is 3.92. The Morgan fingerprint density at radius 1 is 1.46 bits per heavy atom. The third kappa shape index (κ3) is 2.11. The quantitative estimate of drug-likeness (QED) is 0.612. The number of benzene rings is 1. The Hall–Kier alpha value is -1.71. The van der Waals surface area contributed by atoms with E-state index < -0.39 is 0 Å². The fourth-order valence-corrected chi connectivity index (χ4v) is 0.944. The van der Waals surface area contributed by atoms with Gasteiger partial charge in [-0.25, -0.2) is 4.79 Å². The minimum absolute atomic E-state index is 0.175. The van der Waals surface area contributed by atoms with Gasteiger partial charge in [0.05, 0.1) is 0 Å². The fraction of sp³-hybridized carbons (Fsp3) is 0.222. The molecule has 0 fully saturated rings. The maximum atomic E-state index is 10.9. The van der Waals surface area contributed by atoms with Gasteiger partial charge < -0.3 is 15.7 Å². The van der Waals surface area contributed by atoms with E-state index in [9.17, 15) is 9.90 Å². The number of rotatable bonds is 1. The summed E-state index contributed by atoms with van der Waals surface area (Å²) in [6, 6.07) is 4.68. The van der Waals surface area contributed by atoms with Crippen molar-refractivity contribution in [3.8, 4) is 5.75 Å². The summed E-state index contributed by atoms with van der Waals surface area (Å²) in [5, 5.41) is 14.3. The Labute approximate surface area is 76.6 Å². The Morgan fingerprint density at radius 3 is 2.77 bits per heavy atom. The molecule has 0 aromatic heterocycles. The van der Waals surface area contributed by atoms with Crippen molar-refractivity contribution in [3.05, 3.63) is 23.8 Å². The Bertz CT molecular complexity index is 323. The summed E-state index contributed by atoms with van der Waals surface area (Å²) < 4.78 is 0. The average Bonchev–Trinajstić information content (AvgIpc) is 2.13. The number of nitrogens with one attached hydrogen (secondary N) is 2. The molecule has 13 heavy (non-hydrogen) atoms. The van der Waals surface area contributed by atoms with E-state index in [0.29, 0.717) is 11.3 Å². The molecule has 0 heterocycles. The zero-order chi connectivity index (χ0) is 9.84. The number of hydrogen-bond donors (Lipinski definition) is 3. The minimum atomic E-state index is -0.298.